The lowest BCUT2D eigenvalue weighted by molar-refractivity contribution is -0.141. The van der Waals surface area contributed by atoms with Crippen molar-refractivity contribution in [3.8, 4) is 0 Å². The van der Waals surface area contributed by atoms with E-state index in [-0.39, 0.29) is 6.29 Å². The van der Waals surface area contributed by atoms with Crippen LogP contribution in [0.5, 0.6) is 0 Å². The molecule has 100 valence electrons. The van der Waals surface area contributed by atoms with Crippen molar-refractivity contribution in [2.75, 3.05) is 0 Å². The number of hydrogen-bond donors (Lipinski definition) is 0. The number of rotatable bonds is 7. The Labute approximate surface area is 110 Å². The van der Waals surface area contributed by atoms with Crippen molar-refractivity contribution in [1.82, 2.24) is 0 Å². The van der Waals surface area contributed by atoms with Crippen LogP contribution in [0.15, 0.2) is 30.3 Å². The highest BCUT2D eigenvalue weighted by Gasteiger charge is 2.25. The second kappa shape index (κ2) is 7.55. The molecule has 1 fully saturated rings. The van der Waals surface area contributed by atoms with Crippen LogP contribution in [0.2, 0.25) is 0 Å². The largest absolute Gasteiger partial charge is 0.349 e. The Kier molecular flexibility index (Phi) is 5.69. The van der Waals surface area contributed by atoms with Crippen LogP contribution in [0.1, 0.15) is 51.0 Å². The first-order valence-electron chi connectivity index (χ1n) is 7.19. The van der Waals surface area contributed by atoms with Gasteiger partial charge in [-0.1, -0.05) is 56.5 Å². The number of ether oxygens (including phenoxy) is 2. The summed E-state index contributed by atoms with van der Waals surface area (Å²) in [5, 5.41) is 0. The van der Waals surface area contributed by atoms with Crippen LogP contribution in [0, 0.1) is 0 Å². The highest BCUT2D eigenvalue weighted by atomic mass is 16.7. The summed E-state index contributed by atoms with van der Waals surface area (Å²) in [4.78, 5) is 0. The average molecular weight is 248 g/mol. The van der Waals surface area contributed by atoms with E-state index in [0.29, 0.717) is 12.7 Å². The fraction of sp³-hybridized carbons (Fsp3) is 0.625. The van der Waals surface area contributed by atoms with Crippen LogP contribution >= 0.6 is 0 Å². The highest BCUT2D eigenvalue weighted by Crippen LogP contribution is 2.25. The maximum atomic E-state index is 5.91. The zero-order valence-electron chi connectivity index (χ0n) is 11.3. The predicted molar refractivity (Wildman–Crippen MR) is 73.3 cm³/mol. The van der Waals surface area contributed by atoms with Crippen molar-refractivity contribution in [1.29, 1.82) is 0 Å². The lowest BCUT2D eigenvalue weighted by Gasteiger charge is -2.14. The fourth-order valence-corrected chi connectivity index (χ4v) is 2.39. The molecule has 0 aromatic heterocycles. The first-order chi connectivity index (χ1) is 8.88. The Morgan fingerprint density at radius 3 is 2.78 bits per heavy atom. The summed E-state index contributed by atoms with van der Waals surface area (Å²) in [6, 6.07) is 10.3. The number of hydrogen-bond acceptors (Lipinski definition) is 2. The molecule has 1 saturated heterocycles. The van der Waals surface area contributed by atoms with E-state index in [0.717, 1.165) is 12.8 Å². The summed E-state index contributed by atoms with van der Waals surface area (Å²) in [6.07, 6.45) is 7.71. The van der Waals surface area contributed by atoms with E-state index < -0.39 is 0 Å². The first kappa shape index (κ1) is 13.6. The monoisotopic (exact) mass is 248 g/mol. The van der Waals surface area contributed by atoms with Gasteiger partial charge < -0.3 is 9.47 Å². The second-order valence-corrected chi connectivity index (χ2v) is 5.06. The zero-order valence-corrected chi connectivity index (χ0v) is 11.3. The van der Waals surface area contributed by atoms with Gasteiger partial charge in [0, 0.05) is 6.42 Å². The van der Waals surface area contributed by atoms with Crippen molar-refractivity contribution in [2.45, 2.75) is 64.4 Å². The summed E-state index contributed by atoms with van der Waals surface area (Å²) < 4.78 is 11.7. The molecule has 18 heavy (non-hydrogen) atoms. The molecule has 0 amide bonds. The maximum Gasteiger partial charge on any atom is 0.158 e. The molecule has 0 bridgehead atoms. The van der Waals surface area contributed by atoms with Gasteiger partial charge in [-0.15, -0.1) is 0 Å². The molecule has 0 spiro atoms. The maximum absolute atomic E-state index is 5.91. The molecule has 0 radical (unpaired) electrons. The summed E-state index contributed by atoms with van der Waals surface area (Å²) in [7, 11) is 0. The van der Waals surface area contributed by atoms with Gasteiger partial charge in [0.1, 0.15) is 0 Å². The van der Waals surface area contributed by atoms with Crippen molar-refractivity contribution >= 4 is 0 Å². The first-order valence-corrected chi connectivity index (χ1v) is 7.19. The van der Waals surface area contributed by atoms with E-state index in [1.165, 1.54) is 31.2 Å². The van der Waals surface area contributed by atoms with Crippen LogP contribution in [0.4, 0.5) is 0 Å². The molecule has 1 aromatic carbocycles. The third kappa shape index (κ3) is 4.43. The summed E-state index contributed by atoms with van der Waals surface area (Å²) in [5.41, 5.74) is 1.22. The van der Waals surface area contributed by atoms with Gasteiger partial charge in [-0.25, -0.2) is 0 Å². The van der Waals surface area contributed by atoms with Crippen molar-refractivity contribution in [3.05, 3.63) is 35.9 Å². The molecule has 2 nitrogen and oxygen atoms in total. The Morgan fingerprint density at radius 1 is 1.17 bits per heavy atom. The molecule has 0 N–H and O–H groups in total. The molecular weight excluding hydrogens is 224 g/mol. The molecule has 1 aromatic rings. The van der Waals surface area contributed by atoms with Gasteiger partial charge in [0.15, 0.2) is 6.29 Å². The van der Waals surface area contributed by atoms with E-state index in [4.69, 9.17) is 9.47 Å². The van der Waals surface area contributed by atoms with Gasteiger partial charge in [-0.3, -0.25) is 0 Å². The number of benzene rings is 1. The van der Waals surface area contributed by atoms with Gasteiger partial charge in [0.25, 0.3) is 0 Å². The fourth-order valence-electron chi connectivity index (χ4n) is 2.39. The van der Waals surface area contributed by atoms with Crippen LogP contribution < -0.4 is 0 Å². The molecule has 2 unspecified atom stereocenters. The zero-order chi connectivity index (χ0) is 12.6. The Bertz CT molecular complexity index is 323. The highest BCUT2D eigenvalue weighted by molar-refractivity contribution is 5.13. The third-order valence-electron chi connectivity index (χ3n) is 3.48. The van der Waals surface area contributed by atoms with Crippen LogP contribution in [-0.2, 0) is 16.1 Å². The summed E-state index contributed by atoms with van der Waals surface area (Å²) >= 11 is 0. The standard InChI is InChI=1S/C16H24O2/c1-2-3-5-10-15-11-12-16(18-15)17-13-14-8-6-4-7-9-14/h4,6-9,15-16H,2-3,5,10-13H2,1H3. The normalized spacial score (nSPS) is 23.4. The van der Waals surface area contributed by atoms with Crippen molar-refractivity contribution < 1.29 is 9.47 Å². The molecule has 1 aliphatic heterocycles. The summed E-state index contributed by atoms with van der Waals surface area (Å²) in [6.45, 7) is 2.90. The molecule has 0 saturated carbocycles. The molecule has 2 heteroatoms. The molecule has 1 heterocycles. The van der Waals surface area contributed by atoms with Crippen molar-refractivity contribution in [3.63, 3.8) is 0 Å². The lowest BCUT2D eigenvalue weighted by atomic mass is 10.1. The SMILES string of the molecule is CCCCCC1CCC(OCc2ccccc2)O1. The van der Waals surface area contributed by atoms with Crippen LogP contribution in [0.25, 0.3) is 0 Å². The van der Waals surface area contributed by atoms with Crippen molar-refractivity contribution in [2.24, 2.45) is 0 Å². The topological polar surface area (TPSA) is 18.5 Å². The minimum Gasteiger partial charge on any atom is -0.349 e. The lowest BCUT2D eigenvalue weighted by Crippen LogP contribution is -2.14. The Balaban J connectivity index is 1.64. The number of unbranched alkanes of at least 4 members (excludes halogenated alkanes) is 2. The van der Waals surface area contributed by atoms with E-state index in [2.05, 4.69) is 19.1 Å². The summed E-state index contributed by atoms with van der Waals surface area (Å²) in [5.74, 6) is 0. The molecular formula is C16H24O2. The average Bonchev–Trinajstić information content (AvgIpc) is 2.86. The molecule has 1 aliphatic rings. The van der Waals surface area contributed by atoms with Gasteiger partial charge in [0.2, 0.25) is 0 Å². The quantitative estimate of drug-likeness (QED) is 0.670. The van der Waals surface area contributed by atoms with Gasteiger partial charge in [0.05, 0.1) is 12.7 Å². The molecule has 0 aliphatic carbocycles. The smallest absolute Gasteiger partial charge is 0.158 e. The van der Waals surface area contributed by atoms with Gasteiger partial charge in [-0.2, -0.15) is 0 Å². The van der Waals surface area contributed by atoms with Crippen LogP contribution in [-0.4, -0.2) is 12.4 Å². The van der Waals surface area contributed by atoms with Gasteiger partial charge >= 0.3 is 0 Å². The van der Waals surface area contributed by atoms with E-state index in [9.17, 15) is 0 Å². The van der Waals surface area contributed by atoms with Gasteiger partial charge in [-0.05, 0) is 18.4 Å². The predicted octanol–water partition coefficient (Wildman–Crippen LogP) is 4.29. The molecule has 2 rings (SSSR count). The Morgan fingerprint density at radius 2 is 2.00 bits per heavy atom. The minimum atomic E-state index is 0.0110. The van der Waals surface area contributed by atoms with E-state index in [1.807, 2.05) is 18.2 Å². The second-order valence-electron chi connectivity index (χ2n) is 5.06. The molecule has 2 atom stereocenters. The van der Waals surface area contributed by atoms with E-state index >= 15 is 0 Å². The Hall–Kier alpha value is -0.860. The third-order valence-corrected chi connectivity index (χ3v) is 3.48. The van der Waals surface area contributed by atoms with Crippen LogP contribution in [0.3, 0.4) is 0 Å². The minimum absolute atomic E-state index is 0.0110. The van der Waals surface area contributed by atoms with E-state index in [1.54, 1.807) is 0 Å².